The van der Waals surface area contributed by atoms with Crippen LogP contribution in [0.15, 0.2) is 80.3 Å². The molecular formula is C34H34F2N6O5. The van der Waals surface area contributed by atoms with Crippen LogP contribution in [0.5, 0.6) is 0 Å². The Bertz CT molecular complexity index is 2030. The van der Waals surface area contributed by atoms with E-state index >= 15 is 0 Å². The Labute approximate surface area is 268 Å². The summed E-state index contributed by atoms with van der Waals surface area (Å²) < 4.78 is 31.8. The van der Waals surface area contributed by atoms with Crippen molar-refractivity contribution in [3.05, 3.63) is 120 Å². The van der Waals surface area contributed by atoms with Crippen molar-refractivity contribution in [3.63, 3.8) is 0 Å². The summed E-state index contributed by atoms with van der Waals surface area (Å²) in [6.07, 6.45) is 4.93. The number of rotatable bonds is 13. The van der Waals surface area contributed by atoms with E-state index in [0.29, 0.717) is 55.0 Å². The number of carbonyl (C=O) groups is 2. The molecule has 13 heteroatoms. The number of anilines is 1. The fourth-order valence-corrected chi connectivity index (χ4v) is 5.50. The molecule has 1 aliphatic rings. The summed E-state index contributed by atoms with van der Waals surface area (Å²) >= 11 is 0. The number of fused-ring (bicyclic) bond motifs is 1. The van der Waals surface area contributed by atoms with Gasteiger partial charge in [0, 0.05) is 68.6 Å². The lowest BCUT2D eigenvalue weighted by Gasteiger charge is -2.22. The molecule has 11 nitrogen and oxygen atoms in total. The van der Waals surface area contributed by atoms with Crippen LogP contribution in [-0.2, 0) is 30.8 Å². The number of aryl methyl sites for hydroxylation is 1. The minimum atomic E-state index is -1.16. The van der Waals surface area contributed by atoms with Gasteiger partial charge >= 0.3 is 5.69 Å². The maximum atomic E-state index is 14.0. The van der Waals surface area contributed by atoms with Gasteiger partial charge in [0.1, 0.15) is 17.4 Å². The zero-order chi connectivity index (χ0) is 33.7. The molecule has 0 fully saturated rings. The molecule has 4 heterocycles. The molecule has 0 aliphatic carbocycles. The lowest BCUT2D eigenvalue weighted by molar-refractivity contribution is -0.117. The number of hydrogen-bond donors (Lipinski definition) is 0. The number of pyridine rings is 2. The third-order valence-corrected chi connectivity index (χ3v) is 7.88. The van der Waals surface area contributed by atoms with Crippen LogP contribution in [-0.4, -0.2) is 42.6 Å². The van der Waals surface area contributed by atoms with E-state index in [1.54, 1.807) is 30.5 Å². The van der Waals surface area contributed by atoms with Crippen LogP contribution in [0, 0.1) is 11.6 Å². The van der Waals surface area contributed by atoms with Gasteiger partial charge in [0.25, 0.3) is 11.5 Å². The molecular weight excluding hydrogens is 610 g/mol. The minimum absolute atomic E-state index is 0.0218. The van der Waals surface area contributed by atoms with Crippen LogP contribution in [0.25, 0.3) is 0 Å². The SMILES string of the molecule is CCCn1c2c(c(=O)n(CCCC(C)=O)c1=O)CC(c1ccc(N(CCCn3ccccc3=O)C(=O)c3ccc(F)c(F)c3)nc1)=N2. The zero-order valence-electron chi connectivity index (χ0n) is 26.1. The number of benzene rings is 1. The van der Waals surface area contributed by atoms with Crippen LogP contribution in [0.3, 0.4) is 0 Å². The summed E-state index contributed by atoms with van der Waals surface area (Å²) in [5.74, 6) is -2.33. The van der Waals surface area contributed by atoms with Crippen LogP contribution in [0.1, 0.15) is 61.0 Å². The van der Waals surface area contributed by atoms with Gasteiger partial charge in [-0.1, -0.05) is 13.0 Å². The number of aromatic nitrogens is 4. The van der Waals surface area contributed by atoms with E-state index in [0.717, 1.165) is 12.1 Å². The van der Waals surface area contributed by atoms with Crippen molar-refractivity contribution in [2.24, 2.45) is 4.99 Å². The predicted molar refractivity (Wildman–Crippen MR) is 173 cm³/mol. The third-order valence-electron chi connectivity index (χ3n) is 7.88. The first-order chi connectivity index (χ1) is 22.6. The molecule has 1 amide bonds. The topological polar surface area (TPSA) is 129 Å². The number of aliphatic imine (C=N–C) groups is 1. The smallest absolute Gasteiger partial charge is 0.315 e. The molecule has 0 saturated carbocycles. The second kappa shape index (κ2) is 14.4. The van der Waals surface area contributed by atoms with E-state index in [-0.39, 0.29) is 48.7 Å². The van der Waals surface area contributed by atoms with Gasteiger partial charge in [-0.05, 0) is 62.6 Å². The summed E-state index contributed by atoms with van der Waals surface area (Å²) in [4.78, 5) is 74.2. The summed E-state index contributed by atoms with van der Waals surface area (Å²) in [5, 5.41) is 0. The molecule has 5 rings (SSSR count). The van der Waals surface area contributed by atoms with Crippen molar-refractivity contribution in [2.75, 3.05) is 11.4 Å². The summed E-state index contributed by atoms with van der Waals surface area (Å²) in [5.41, 5.74) is 0.288. The number of halogens is 2. The Morgan fingerprint density at radius 3 is 2.43 bits per heavy atom. The quantitative estimate of drug-likeness (QED) is 0.216. The van der Waals surface area contributed by atoms with Gasteiger partial charge in [-0.2, -0.15) is 0 Å². The molecule has 0 unspecified atom stereocenters. The molecule has 0 saturated heterocycles. The number of Topliss-reactive ketones (excluding diaryl/α,β-unsaturated/α-hetero) is 1. The fourth-order valence-electron chi connectivity index (χ4n) is 5.50. The Morgan fingerprint density at radius 1 is 0.936 bits per heavy atom. The van der Waals surface area contributed by atoms with E-state index in [1.165, 1.54) is 43.9 Å². The van der Waals surface area contributed by atoms with Gasteiger partial charge in [0.05, 0.1) is 11.3 Å². The fraction of sp³-hybridized carbons (Fsp3) is 0.324. The first kappa shape index (κ1) is 33.0. The molecule has 244 valence electrons. The van der Waals surface area contributed by atoms with Crippen molar-refractivity contribution < 1.29 is 18.4 Å². The van der Waals surface area contributed by atoms with Gasteiger partial charge in [-0.25, -0.2) is 23.6 Å². The van der Waals surface area contributed by atoms with Crippen LogP contribution >= 0.6 is 0 Å². The molecule has 0 N–H and O–H groups in total. The van der Waals surface area contributed by atoms with Gasteiger partial charge in [0.15, 0.2) is 11.6 Å². The van der Waals surface area contributed by atoms with Crippen molar-refractivity contribution in [2.45, 2.75) is 65.6 Å². The summed E-state index contributed by atoms with van der Waals surface area (Å²) in [6.45, 7) is 4.28. The first-order valence-corrected chi connectivity index (χ1v) is 15.4. The molecule has 3 aromatic heterocycles. The van der Waals surface area contributed by atoms with E-state index in [1.807, 2.05) is 6.92 Å². The number of ketones is 1. The molecule has 47 heavy (non-hydrogen) atoms. The van der Waals surface area contributed by atoms with Gasteiger partial charge in [-0.15, -0.1) is 0 Å². The number of hydrogen-bond acceptors (Lipinski definition) is 7. The number of nitrogens with zero attached hydrogens (tertiary/aromatic N) is 6. The van der Waals surface area contributed by atoms with Crippen molar-refractivity contribution in [1.82, 2.24) is 18.7 Å². The highest BCUT2D eigenvalue weighted by molar-refractivity contribution is 6.07. The van der Waals surface area contributed by atoms with Crippen LogP contribution < -0.4 is 21.7 Å². The zero-order valence-corrected chi connectivity index (χ0v) is 26.1. The van der Waals surface area contributed by atoms with E-state index in [4.69, 9.17) is 0 Å². The average molecular weight is 645 g/mol. The summed E-state index contributed by atoms with van der Waals surface area (Å²) in [7, 11) is 0. The number of amides is 1. The maximum absolute atomic E-state index is 14.0. The highest BCUT2D eigenvalue weighted by Gasteiger charge is 2.27. The highest BCUT2D eigenvalue weighted by atomic mass is 19.2. The van der Waals surface area contributed by atoms with Crippen LogP contribution in [0.4, 0.5) is 20.4 Å². The Balaban J connectivity index is 1.43. The standard InChI is InChI=1S/C34H34F2N6O5/c1-3-14-41-31-25(33(46)42(34(41)47)17-6-8-22(2)43)20-28(38-31)24-11-13-29(37-21-24)40(18-7-16-39-15-5-4-9-30(39)44)32(45)23-10-12-26(35)27(36)19-23/h4-5,9-13,15,19,21H,3,6-8,14,16-18,20H2,1-2H3. The lowest BCUT2D eigenvalue weighted by Crippen LogP contribution is -2.41. The van der Waals surface area contributed by atoms with Crippen LogP contribution in [0.2, 0.25) is 0 Å². The molecule has 0 bridgehead atoms. The minimum Gasteiger partial charge on any atom is -0.315 e. The third kappa shape index (κ3) is 7.24. The Hall–Kier alpha value is -5.33. The molecule has 1 aromatic carbocycles. The second-order valence-corrected chi connectivity index (χ2v) is 11.3. The Kier molecular flexibility index (Phi) is 10.1. The lowest BCUT2D eigenvalue weighted by atomic mass is 10.1. The molecule has 0 radical (unpaired) electrons. The highest BCUT2D eigenvalue weighted by Crippen LogP contribution is 2.26. The normalized spacial score (nSPS) is 12.1. The van der Waals surface area contributed by atoms with Gasteiger partial charge in [-0.3, -0.25) is 28.4 Å². The van der Waals surface area contributed by atoms with E-state index < -0.39 is 28.8 Å². The molecule has 1 aliphatic heterocycles. The summed E-state index contributed by atoms with van der Waals surface area (Å²) in [6, 6.07) is 11.0. The largest absolute Gasteiger partial charge is 0.332 e. The first-order valence-electron chi connectivity index (χ1n) is 15.4. The maximum Gasteiger partial charge on any atom is 0.332 e. The Morgan fingerprint density at radius 2 is 1.74 bits per heavy atom. The molecule has 0 atom stereocenters. The molecule has 0 spiro atoms. The monoisotopic (exact) mass is 644 g/mol. The average Bonchev–Trinajstić information content (AvgIpc) is 3.50. The second-order valence-electron chi connectivity index (χ2n) is 11.3. The van der Waals surface area contributed by atoms with E-state index in [2.05, 4.69) is 9.98 Å². The van der Waals surface area contributed by atoms with E-state index in [9.17, 15) is 32.8 Å². The number of carbonyl (C=O) groups excluding carboxylic acids is 2. The van der Waals surface area contributed by atoms with Gasteiger partial charge in [0.2, 0.25) is 5.56 Å². The predicted octanol–water partition coefficient (Wildman–Crippen LogP) is 4.04. The van der Waals surface area contributed by atoms with Crippen molar-refractivity contribution in [3.8, 4) is 0 Å². The van der Waals surface area contributed by atoms with Crippen molar-refractivity contribution in [1.29, 1.82) is 0 Å². The molecule has 4 aromatic rings. The van der Waals surface area contributed by atoms with Crippen molar-refractivity contribution >= 4 is 29.0 Å². The van der Waals surface area contributed by atoms with Gasteiger partial charge < -0.3 is 9.36 Å².